The smallest absolute Gasteiger partial charge is 0.274 e. The van der Waals surface area contributed by atoms with Crippen molar-refractivity contribution in [3.05, 3.63) is 53.1 Å². The van der Waals surface area contributed by atoms with E-state index in [2.05, 4.69) is 16.7 Å². The fraction of sp³-hybridized carbons (Fsp3) is 0.448. The van der Waals surface area contributed by atoms with Crippen LogP contribution >= 0.6 is 0 Å². The van der Waals surface area contributed by atoms with E-state index in [1.54, 1.807) is 23.6 Å². The first-order valence-electron chi connectivity index (χ1n) is 12.9. The first-order valence-corrected chi connectivity index (χ1v) is 12.9. The molecule has 36 heavy (non-hydrogen) atoms. The van der Waals surface area contributed by atoms with Gasteiger partial charge in [-0.15, -0.1) is 0 Å². The van der Waals surface area contributed by atoms with E-state index < -0.39 is 11.3 Å². The Balaban J connectivity index is 1.68. The van der Waals surface area contributed by atoms with Crippen molar-refractivity contribution >= 4 is 22.7 Å². The number of nitrogens with one attached hydrogen (secondary N) is 1. The Morgan fingerprint density at radius 2 is 1.89 bits per heavy atom. The predicted molar refractivity (Wildman–Crippen MR) is 137 cm³/mol. The molecule has 2 heterocycles. The normalized spacial score (nSPS) is 22.7. The summed E-state index contributed by atoms with van der Waals surface area (Å²) in [6.07, 6.45) is 6.76. The zero-order chi connectivity index (χ0) is 25.2. The third kappa shape index (κ3) is 3.29. The minimum absolute atomic E-state index is 0.121. The SMILES string of the molecule is COc1ccc2c(c1)C1CC1(C(=O)N(C)C)Cn1c-2c(C2CCCCC2)c2ccc(C(=O)NO)cc21. The molecule has 3 aromatic rings. The van der Waals surface area contributed by atoms with Gasteiger partial charge < -0.3 is 14.2 Å². The predicted octanol–water partition coefficient (Wildman–Crippen LogP) is 5.06. The molecule has 2 amide bonds. The highest BCUT2D eigenvalue weighted by Gasteiger charge is 2.63. The Bertz CT molecular complexity index is 1380. The van der Waals surface area contributed by atoms with Crippen LogP contribution in [0.2, 0.25) is 0 Å². The van der Waals surface area contributed by atoms with E-state index >= 15 is 0 Å². The summed E-state index contributed by atoms with van der Waals surface area (Å²) in [6.45, 7) is 0.564. The number of benzene rings is 2. The molecule has 1 aromatic heterocycles. The van der Waals surface area contributed by atoms with Gasteiger partial charge in [-0.3, -0.25) is 14.8 Å². The minimum Gasteiger partial charge on any atom is -0.497 e. The van der Waals surface area contributed by atoms with Crippen molar-refractivity contribution in [2.45, 2.75) is 56.9 Å². The number of hydrogen-bond acceptors (Lipinski definition) is 4. The van der Waals surface area contributed by atoms with Gasteiger partial charge in [0, 0.05) is 48.6 Å². The quantitative estimate of drug-likeness (QED) is 0.398. The van der Waals surface area contributed by atoms with Crippen LogP contribution in [0, 0.1) is 5.41 Å². The van der Waals surface area contributed by atoms with Crippen LogP contribution in [0.4, 0.5) is 0 Å². The maximum absolute atomic E-state index is 13.6. The van der Waals surface area contributed by atoms with E-state index in [1.165, 1.54) is 36.1 Å². The van der Waals surface area contributed by atoms with E-state index in [0.29, 0.717) is 18.0 Å². The number of methoxy groups -OCH3 is 1. The summed E-state index contributed by atoms with van der Waals surface area (Å²) in [5.74, 6) is 0.959. The van der Waals surface area contributed by atoms with Gasteiger partial charge in [0.05, 0.1) is 18.2 Å². The first-order chi connectivity index (χ1) is 17.4. The summed E-state index contributed by atoms with van der Waals surface area (Å²) < 4.78 is 7.91. The summed E-state index contributed by atoms with van der Waals surface area (Å²) in [7, 11) is 5.34. The van der Waals surface area contributed by atoms with Gasteiger partial charge in [0.1, 0.15) is 5.75 Å². The third-order valence-electron chi connectivity index (χ3n) is 8.72. The molecule has 0 spiro atoms. The van der Waals surface area contributed by atoms with Gasteiger partial charge in [-0.05, 0) is 66.6 Å². The van der Waals surface area contributed by atoms with Crippen molar-refractivity contribution in [2.75, 3.05) is 21.2 Å². The largest absolute Gasteiger partial charge is 0.497 e. The van der Waals surface area contributed by atoms with Crippen molar-refractivity contribution in [3.8, 4) is 17.0 Å². The molecular formula is C29H33N3O4. The summed E-state index contributed by atoms with van der Waals surface area (Å²) in [6, 6.07) is 12.0. The maximum Gasteiger partial charge on any atom is 0.274 e. The average molecular weight is 488 g/mol. The lowest BCUT2D eigenvalue weighted by molar-refractivity contribution is -0.135. The molecule has 1 aliphatic heterocycles. The minimum atomic E-state index is -0.534. The Morgan fingerprint density at radius 1 is 1.11 bits per heavy atom. The molecule has 2 atom stereocenters. The number of aromatic nitrogens is 1. The van der Waals surface area contributed by atoms with Gasteiger partial charge in [0.15, 0.2) is 0 Å². The van der Waals surface area contributed by atoms with Crippen LogP contribution < -0.4 is 10.2 Å². The Hall–Kier alpha value is -3.32. The second-order valence-electron chi connectivity index (χ2n) is 10.9. The summed E-state index contributed by atoms with van der Waals surface area (Å²) >= 11 is 0. The van der Waals surface area contributed by atoms with Crippen LogP contribution in [0.3, 0.4) is 0 Å². The Labute approximate surface area is 211 Å². The van der Waals surface area contributed by atoms with E-state index in [0.717, 1.165) is 41.5 Å². The second-order valence-corrected chi connectivity index (χ2v) is 10.9. The van der Waals surface area contributed by atoms with Crippen molar-refractivity contribution in [2.24, 2.45) is 5.41 Å². The number of carbonyl (C=O) groups excluding carboxylic acids is 2. The topological polar surface area (TPSA) is 83.8 Å². The van der Waals surface area contributed by atoms with E-state index in [4.69, 9.17) is 4.74 Å². The lowest BCUT2D eigenvalue weighted by Gasteiger charge is -2.24. The highest BCUT2D eigenvalue weighted by atomic mass is 16.5. The molecule has 2 N–H and O–H groups in total. The Morgan fingerprint density at radius 3 is 2.58 bits per heavy atom. The summed E-state index contributed by atoms with van der Waals surface area (Å²) in [5, 5.41) is 10.4. The first kappa shape index (κ1) is 23.1. The molecule has 7 heteroatoms. The molecule has 2 fully saturated rings. The fourth-order valence-electron chi connectivity index (χ4n) is 6.93. The standard InChI is InChI=1S/C29H33N3O4/c1-31(2)28(34)29-15-23(29)22-14-19(36-3)10-12-20(22)26-25(17-7-5-4-6-8-17)21-11-9-18(27(33)30-35)13-24(21)32(26)16-29/h9-14,17,23,35H,4-8,15-16H2,1-3H3,(H,30,33). The van der Waals surface area contributed by atoms with Crippen molar-refractivity contribution < 1.29 is 19.5 Å². The zero-order valence-electron chi connectivity index (χ0n) is 21.1. The number of nitrogens with zero attached hydrogens (tertiary/aromatic N) is 2. The van der Waals surface area contributed by atoms with Crippen molar-refractivity contribution in [1.29, 1.82) is 0 Å². The van der Waals surface area contributed by atoms with E-state index in [1.807, 2.05) is 32.3 Å². The number of ether oxygens (including phenoxy) is 1. The molecule has 6 rings (SSSR count). The zero-order valence-corrected chi connectivity index (χ0v) is 21.1. The molecule has 7 nitrogen and oxygen atoms in total. The fourth-order valence-corrected chi connectivity index (χ4v) is 6.93. The highest BCUT2D eigenvalue weighted by molar-refractivity contribution is 6.01. The van der Waals surface area contributed by atoms with Crippen LogP contribution in [0.25, 0.3) is 22.2 Å². The van der Waals surface area contributed by atoms with Gasteiger partial charge in [-0.1, -0.05) is 25.3 Å². The number of amides is 2. The van der Waals surface area contributed by atoms with Crippen LogP contribution in [-0.2, 0) is 11.3 Å². The lowest BCUT2D eigenvalue weighted by atomic mass is 9.81. The number of hydroxylamine groups is 1. The van der Waals surface area contributed by atoms with Crippen molar-refractivity contribution in [1.82, 2.24) is 14.9 Å². The van der Waals surface area contributed by atoms with Gasteiger partial charge in [-0.2, -0.15) is 0 Å². The molecule has 0 saturated heterocycles. The second kappa shape index (κ2) is 8.37. The lowest BCUT2D eigenvalue weighted by Crippen LogP contribution is -2.34. The molecule has 2 aliphatic carbocycles. The molecule has 188 valence electrons. The van der Waals surface area contributed by atoms with Crippen LogP contribution in [0.15, 0.2) is 36.4 Å². The van der Waals surface area contributed by atoms with Crippen LogP contribution in [0.1, 0.15) is 71.8 Å². The molecule has 2 saturated carbocycles. The average Bonchev–Trinajstić information content (AvgIpc) is 3.57. The van der Waals surface area contributed by atoms with Crippen LogP contribution in [-0.4, -0.2) is 47.7 Å². The molecule has 2 unspecified atom stereocenters. The summed E-state index contributed by atoms with van der Waals surface area (Å²) in [4.78, 5) is 27.7. The van der Waals surface area contributed by atoms with Gasteiger partial charge in [0.25, 0.3) is 5.91 Å². The molecular weight excluding hydrogens is 454 g/mol. The Kier molecular flexibility index (Phi) is 5.37. The molecule has 0 bridgehead atoms. The van der Waals surface area contributed by atoms with Gasteiger partial charge >= 0.3 is 0 Å². The summed E-state index contributed by atoms with van der Waals surface area (Å²) in [5.41, 5.74) is 7.45. The molecule has 0 radical (unpaired) electrons. The van der Waals surface area contributed by atoms with Crippen molar-refractivity contribution in [3.63, 3.8) is 0 Å². The number of hydrogen-bond donors (Lipinski definition) is 2. The molecule has 3 aliphatic rings. The van der Waals surface area contributed by atoms with E-state index in [-0.39, 0.29) is 11.8 Å². The van der Waals surface area contributed by atoms with Gasteiger partial charge in [0.2, 0.25) is 5.91 Å². The monoisotopic (exact) mass is 487 g/mol. The van der Waals surface area contributed by atoms with Crippen LogP contribution in [0.5, 0.6) is 5.75 Å². The number of rotatable bonds is 4. The number of carbonyl (C=O) groups is 2. The highest BCUT2D eigenvalue weighted by Crippen LogP contribution is 2.66. The number of fused-ring (bicyclic) bond motifs is 7. The molecule has 2 aromatic carbocycles. The maximum atomic E-state index is 13.6. The third-order valence-corrected chi connectivity index (χ3v) is 8.72. The van der Waals surface area contributed by atoms with Gasteiger partial charge in [-0.25, -0.2) is 5.48 Å². The van der Waals surface area contributed by atoms with E-state index in [9.17, 15) is 14.8 Å².